The molecule has 0 aliphatic carbocycles. The van der Waals surface area contributed by atoms with Gasteiger partial charge in [-0.1, -0.05) is 6.07 Å². The van der Waals surface area contributed by atoms with Crippen LogP contribution < -0.4 is 4.74 Å². The van der Waals surface area contributed by atoms with Gasteiger partial charge in [-0.2, -0.15) is 0 Å². The summed E-state index contributed by atoms with van der Waals surface area (Å²) >= 11 is 0. The van der Waals surface area contributed by atoms with E-state index in [1.807, 2.05) is 12.1 Å². The Morgan fingerprint density at radius 2 is 2.11 bits per heavy atom. The molecule has 0 fully saturated rings. The highest BCUT2D eigenvalue weighted by atomic mass is 16.5. The van der Waals surface area contributed by atoms with Gasteiger partial charge in [0.25, 0.3) is 0 Å². The minimum absolute atomic E-state index is 0.268. The fraction of sp³-hybridized carbons (Fsp3) is 0.214. The van der Waals surface area contributed by atoms with E-state index in [9.17, 15) is 4.79 Å². The van der Waals surface area contributed by atoms with Crippen LogP contribution in [0, 0.1) is 0 Å². The quantitative estimate of drug-likeness (QED) is 0.770. The van der Waals surface area contributed by atoms with E-state index in [2.05, 4.69) is 9.97 Å². The second-order valence-corrected chi connectivity index (χ2v) is 3.73. The summed E-state index contributed by atoms with van der Waals surface area (Å²) in [7, 11) is 0. The number of hydrogen-bond donors (Lipinski definition) is 0. The van der Waals surface area contributed by atoms with Gasteiger partial charge in [-0.05, 0) is 25.1 Å². The van der Waals surface area contributed by atoms with Crippen LogP contribution in [-0.2, 0) is 11.3 Å². The van der Waals surface area contributed by atoms with Gasteiger partial charge in [-0.15, -0.1) is 0 Å². The molecule has 0 bridgehead atoms. The molecule has 2 aromatic rings. The van der Waals surface area contributed by atoms with E-state index in [-0.39, 0.29) is 5.88 Å². The molecule has 2 heterocycles. The summed E-state index contributed by atoms with van der Waals surface area (Å²) in [4.78, 5) is 19.8. The molecule has 0 aliphatic heterocycles. The maximum Gasteiger partial charge on any atom is 0.343 e. The van der Waals surface area contributed by atoms with E-state index in [1.165, 1.54) is 0 Å². The standard InChI is InChI=1S/C14H14N2O3/c1-2-18-14(17)12-6-4-8-16-13(12)19-10-11-5-3-7-15-9-11/h3-9H,2,10H2,1H3. The molecule has 98 valence electrons. The second kappa shape index (κ2) is 6.49. The van der Waals surface area contributed by atoms with E-state index in [1.54, 1.807) is 37.6 Å². The van der Waals surface area contributed by atoms with Crippen molar-refractivity contribution >= 4 is 5.97 Å². The fourth-order valence-corrected chi connectivity index (χ4v) is 1.51. The van der Waals surface area contributed by atoms with Crippen molar-refractivity contribution in [1.82, 2.24) is 9.97 Å². The van der Waals surface area contributed by atoms with Crippen LogP contribution in [0.2, 0.25) is 0 Å². The maximum absolute atomic E-state index is 11.7. The Hall–Kier alpha value is -2.43. The van der Waals surface area contributed by atoms with E-state index < -0.39 is 5.97 Å². The molecule has 5 heteroatoms. The summed E-state index contributed by atoms with van der Waals surface area (Å²) in [6.07, 6.45) is 4.96. The molecule has 0 saturated heterocycles. The van der Waals surface area contributed by atoms with Crippen LogP contribution in [0.25, 0.3) is 0 Å². The molecule has 19 heavy (non-hydrogen) atoms. The monoisotopic (exact) mass is 258 g/mol. The van der Waals surface area contributed by atoms with Crippen molar-refractivity contribution in [2.45, 2.75) is 13.5 Å². The Balaban J connectivity index is 2.10. The first kappa shape index (κ1) is 13.0. The lowest BCUT2D eigenvalue weighted by Gasteiger charge is -2.09. The lowest BCUT2D eigenvalue weighted by molar-refractivity contribution is 0.0520. The molecule has 0 aliphatic rings. The number of hydrogen-bond acceptors (Lipinski definition) is 5. The highest BCUT2D eigenvalue weighted by molar-refractivity contribution is 5.91. The zero-order valence-corrected chi connectivity index (χ0v) is 10.6. The summed E-state index contributed by atoms with van der Waals surface area (Å²) in [6, 6.07) is 7.01. The predicted octanol–water partition coefficient (Wildman–Crippen LogP) is 2.23. The lowest BCUT2D eigenvalue weighted by atomic mass is 10.2. The van der Waals surface area contributed by atoms with Gasteiger partial charge in [-0.25, -0.2) is 9.78 Å². The van der Waals surface area contributed by atoms with Crippen LogP contribution >= 0.6 is 0 Å². The average Bonchev–Trinajstić information content (AvgIpc) is 2.47. The highest BCUT2D eigenvalue weighted by Crippen LogP contribution is 2.16. The van der Waals surface area contributed by atoms with Gasteiger partial charge < -0.3 is 9.47 Å². The van der Waals surface area contributed by atoms with E-state index in [0.29, 0.717) is 18.8 Å². The number of rotatable bonds is 5. The van der Waals surface area contributed by atoms with E-state index in [0.717, 1.165) is 5.56 Å². The minimum Gasteiger partial charge on any atom is -0.472 e. The van der Waals surface area contributed by atoms with Crippen LogP contribution in [-0.4, -0.2) is 22.5 Å². The molecule has 5 nitrogen and oxygen atoms in total. The number of aromatic nitrogens is 2. The smallest absolute Gasteiger partial charge is 0.343 e. The summed E-state index contributed by atoms with van der Waals surface area (Å²) in [5, 5.41) is 0. The first-order valence-electron chi connectivity index (χ1n) is 5.95. The molecule has 0 amide bonds. The number of carbonyl (C=O) groups is 1. The number of esters is 1. The molecule has 0 unspecified atom stereocenters. The first-order valence-corrected chi connectivity index (χ1v) is 5.95. The van der Waals surface area contributed by atoms with Gasteiger partial charge in [0, 0.05) is 24.2 Å². The molecule has 0 saturated carbocycles. The summed E-state index contributed by atoms with van der Waals surface area (Å²) in [5.41, 5.74) is 1.23. The highest BCUT2D eigenvalue weighted by Gasteiger charge is 2.14. The van der Waals surface area contributed by atoms with Crippen molar-refractivity contribution in [3.63, 3.8) is 0 Å². The third kappa shape index (κ3) is 3.51. The first-order chi connectivity index (χ1) is 9.31. The zero-order valence-electron chi connectivity index (χ0n) is 10.6. The largest absolute Gasteiger partial charge is 0.472 e. The molecule has 0 aromatic carbocycles. The van der Waals surface area contributed by atoms with Gasteiger partial charge in [0.2, 0.25) is 5.88 Å². The Bertz CT molecular complexity index is 543. The predicted molar refractivity (Wildman–Crippen MR) is 68.8 cm³/mol. The van der Waals surface area contributed by atoms with Crippen molar-refractivity contribution in [2.24, 2.45) is 0 Å². The molecule has 0 spiro atoms. The summed E-state index contributed by atoms with van der Waals surface area (Å²) in [5.74, 6) is -0.165. The molecule has 2 rings (SSSR count). The summed E-state index contributed by atoms with van der Waals surface area (Å²) in [6.45, 7) is 2.37. The van der Waals surface area contributed by atoms with Gasteiger partial charge in [0.15, 0.2) is 0 Å². The van der Waals surface area contributed by atoms with Gasteiger partial charge in [-0.3, -0.25) is 4.98 Å². The SMILES string of the molecule is CCOC(=O)c1cccnc1OCc1cccnc1. The Labute approximate surface area is 111 Å². The van der Waals surface area contributed by atoms with Crippen molar-refractivity contribution in [2.75, 3.05) is 6.61 Å². The number of ether oxygens (including phenoxy) is 2. The average molecular weight is 258 g/mol. The normalized spacial score (nSPS) is 9.95. The fourth-order valence-electron chi connectivity index (χ4n) is 1.51. The molecule has 2 aromatic heterocycles. The van der Waals surface area contributed by atoms with Crippen LogP contribution in [0.4, 0.5) is 0 Å². The molecular formula is C14H14N2O3. The van der Waals surface area contributed by atoms with Crippen molar-refractivity contribution in [3.05, 3.63) is 54.0 Å². The van der Waals surface area contributed by atoms with Crippen LogP contribution in [0.5, 0.6) is 5.88 Å². The molecule has 0 atom stereocenters. The Kier molecular flexibility index (Phi) is 4.44. The number of nitrogens with zero attached hydrogens (tertiary/aromatic N) is 2. The zero-order chi connectivity index (χ0) is 13.5. The van der Waals surface area contributed by atoms with E-state index >= 15 is 0 Å². The Morgan fingerprint density at radius 1 is 1.26 bits per heavy atom. The number of carbonyl (C=O) groups excluding carboxylic acids is 1. The third-order valence-electron chi connectivity index (χ3n) is 2.36. The maximum atomic E-state index is 11.7. The van der Waals surface area contributed by atoms with Crippen LogP contribution in [0.1, 0.15) is 22.8 Å². The lowest BCUT2D eigenvalue weighted by Crippen LogP contribution is -2.09. The topological polar surface area (TPSA) is 61.3 Å². The second-order valence-electron chi connectivity index (χ2n) is 3.73. The van der Waals surface area contributed by atoms with E-state index in [4.69, 9.17) is 9.47 Å². The third-order valence-corrected chi connectivity index (χ3v) is 2.36. The number of pyridine rings is 2. The van der Waals surface area contributed by atoms with Crippen molar-refractivity contribution in [3.8, 4) is 5.88 Å². The van der Waals surface area contributed by atoms with Gasteiger partial charge in [0.1, 0.15) is 12.2 Å². The van der Waals surface area contributed by atoms with Crippen molar-refractivity contribution in [1.29, 1.82) is 0 Å². The summed E-state index contributed by atoms with van der Waals surface area (Å²) < 4.78 is 10.5. The van der Waals surface area contributed by atoms with Crippen LogP contribution in [0.15, 0.2) is 42.9 Å². The Morgan fingerprint density at radius 3 is 2.84 bits per heavy atom. The molecule has 0 N–H and O–H groups in total. The van der Waals surface area contributed by atoms with Crippen molar-refractivity contribution < 1.29 is 14.3 Å². The van der Waals surface area contributed by atoms with Gasteiger partial charge >= 0.3 is 5.97 Å². The van der Waals surface area contributed by atoms with Gasteiger partial charge in [0.05, 0.1) is 6.61 Å². The molecule has 0 radical (unpaired) electrons. The van der Waals surface area contributed by atoms with Crippen LogP contribution in [0.3, 0.4) is 0 Å². The minimum atomic E-state index is -0.434. The molecular weight excluding hydrogens is 244 g/mol.